The summed E-state index contributed by atoms with van der Waals surface area (Å²) < 4.78 is 0. The summed E-state index contributed by atoms with van der Waals surface area (Å²) in [7, 11) is 0. The summed E-state index contributed by atoms with van der Waals surface area (Å²) in [6.07, 6.45) is 0. The van der Waals surface area contributed by atoms with Crippen molar-refractivity contribution in [2.75, 3.05) is 13.1 Å². The minimum atomic E-state index is -0.492. The molecule has 1 fully saturated rings. The third-order valence-electron chi connectivity index (χ3n) is 3.96. The third-order valence-corrected chi connectivity index (χ3v) is 4.20. The van der Waals surface area contributed by atoms with Crippen molar-refractivity contribution < 1.29 is 4.79 Å². The van der Waals surface area contributed by atoms with Crippen LogP contribution in [0.4, 0.5) is 0 Å². The maximum atomic E-state index is 12.6. The lowest BCUT2D eigenvalue weighted by molar-refractivity contribution is -0.130. The second-order valence-electron chi connectivity index (χ2n) is 5.44. The first-order valence-electron chi connectivity index (χ1n) is 6.63. The van der Waals surface area contributed by atoms with Gasteiger partial charge in [0.15, 0.2) is 0 Å². The zero-order valence-electron chi connectivity index (χ0n) is 11.4. The molecule has 0 radical (unpaired) electrons. The lowest BCUT2D eigenvalue weighted by Gasteiger charge is -2.23. The lowest BCUT2D eigenvalue weighted by Crippen LogP contribution is -2.38. The van der Waals surface area contributed by atoms with Crippen LogP contribution >= 0.6 is 12.2 Å². The number of carbonyl (C=O) groups excluding carboxylic acids is 1. The van der Waals surface area contributed by atoms with Gasteiger partial charge in [0.1, 0.15) is 5.92 Å². The standard InChI is InChI=1S/C15H20N2OS/c1-10-8-17(9-11(10)2)15(18)13(14(16)19)12-6-4-3-5-7-12/h3-7,10-11,13H,8-9H2,1-2H3,(H2,16,19). The van der Waals surface area contributed by atoms with Crippen molar-refractivity contribution in [3.05, 3.63) is 35.9 Å². The quantitative estimate of drug-likeness (QED) is 0.861. The normalized spacial score (nSPS) is 24.2. The molecule has 0 spiro atoms. The van der Waals surface area contributed by atoms with Crippen molar-refractivity contribution in [3.63, 3.8) is 0 Å². The number of likely N-dealkylation sites (tertiary alicyclic amines) is 1. The zero-order chi connectivity index (χ0) is 14.0. The Labute approximate surface area is 119 Å². The molecule has 3 nitrogen and oxygen atoms in total. The van der Waals surface area contributed by atoms with Gasteiger partial charge in [-0.25, -0.2) is 0 Å². The van der Waals surface area contributed by atoms with E-state index in [9.17, 15) is 4.79 Å². The van der Waals surface area contributed by atoms with Crippen LogP contribution in [0, 0.1) is 11.8 Å². The van der Waals surface area contributed by atoms with Gasteiger partial charge in [-0.15, -0.1) is 0 Å². The van der Waals surface area contributed by atoms with Crippen molar-refractivity contribution in [1.82, 2.24) is 4.90 Å². The molecule has 0 aromatic heterocycles. The van der Waals surface area contributed by atoms with Gasteiger partial charge in [-0.2, -0.15) is 0 Å². The molecule has 0 bridgehead atoms. The SMILES string of the molecule is CC1CN(C(=O)C(C(N)=S)c2ccccc2)CC1C. The first-order valence-corrected chi connectivity index (χ1v) is 7.04. The molecule has 3 unspecified atom stereocenters. The van der Waals surface area contributed by atoms with Crippen LogP contribution < -0.4 is 5.73 Å². The number of amides is 1. The highest BCUT2D eigenvalue weighted by Gasteiger charge is 2.34. The van der Waals surface area contributed by atoms with Crippen molar-refractivity contribution in [1.29, 1.82) is 0 Å². The van der Waals surface area contributed by atoms with Crippen LogP contribution in [0.3, 0.4) is 0 Å². The minimum absolute atomic E-state index is 0.0369. The number of nitrogens with zero attached hydrogens (tertiary/aromatic N) is 1. The second kappa shape index (κ2) is 5.70. The molecule has 19 heavy (non-hydrogen) atoms. The fourth-order valence-electron chi connectivity index (χ4n) is 2.57. The van der Waals surface area contributed by atoms with E-state index in [0.29, 0.717) is 11.8 Å². The molecule has 1 heterocycles. The Bertz CT molecular complexity index is 464. The van der Waals surface area contributed by atoms with Crippen molar-refractivity contribution >= 4 is 23.1 Å². The first kappa shape index (κ1) is 14.0. The summed E-state index contributed by atoms with van der Waals surface area (Å²) in [6.45, 7) is 5.95. The molecule has 2 N–H and O–H groups in total. The van der Waals surface area contributed by atoms with Crippen LogP contribution in [-0.4, -0.2) is 28.9 Å². The number of hydrogen-bond donors (Lipinski definition) is 1. The summed E-state index contributed by atoms with van der Waals surface area (Å²) in [5.74, 6) is 0.613. The monoisotopic (exact) mass is 276 g/mol. The fourth-order valence-corrected chi connectivity index (χ4v) is 2.80. The summed E-state index contributed by atoms with van der Waals surface area (Å²) in [5, 5.41) is 0. The number of benzene rings is 1. The summed E-state index contributed by atoms with van der Waals surface area (Å²) in [5.41, 5.74) is 6.67. The molecule has 0 saturated carbocycles. The van der Waals surface area contributed by atoms with Gasteiger partial charge in [-0.3, -0.25) is 4.79 Å². The van der Waals surface area contributed by atoms with Crippen molar-refractivity contribution in [3.8, 4) is 0 Å². The lowest BCUT2D eigenvalue weighted by atomic mass is 9.97. The smallest absolute Gasteiger partial charge is 0.237 e. The van der Waals surface area contributed by atoms with E-state index in [4.69, 9.17) is 18.0 Å². The van der Waals surface area contributed by atoms with Gasteiger partial charge in [-0.05, 0) is 17.4 Å². The van der Waals surface area contributed by atoms with Crippen LogP contribution in [0.1, 0.15) is 25.3 Å². The van der Waals surface area contributed by atoms with Gasteiger partial charge in [0, 0.05) is 13.1 Å². The molecule has 102 valence electrons. The zero-order valence-corrected chi connectivity index (χ0v) is 12.2. The van der Waals surface area contributed by atoms with E-state index in [-0.39, 0.29) is 10.9 Å². The summed E-state index contributed by atoms with van der Waals surface area (Å²) >= 11 is 5.10. The predicted octanol–water partition coefficient (Wildman–Crippen LogP) is 2.17. The molecule has 1 aromatic rings. The molecule has 4 heteroatoms. The Morgan fingerprint density at radius 1 is 1.26 bits per heavy atom. The molecule has 3 atom stereocenters. The molecule has 1 aliphatic heterocycles. The van der Waals surface area contributed by atoms with Gasteiger partial charge in [-0.1, -0.05) is 56.4 Å². The maximum Gasteiger partial charge on any atom is 0.237 e. The van der Waals surface area contributed by atoms with E-state index in [1.807, 2.05) is 35.2 Å². The Hall–Kier alpha value is -1.42. The van der Waals surface area contributed by atoms with E-state index in [1.54, 1.807) is 0 Å². The molecular formula is C15H20N2OS. The van der Waals surface area contributed by atoms with Gasteiger partial charge in [0.2, 0.25) is 5.91 Å². The van der Waals surface area contributed by atoms with E-state index in [0.717, 1.165) is 18.7 Å². The first-order chi connectivity index (χ1) is 9.00. The van der Waals surface area contributed by atoms with Gasteiger partial charge in [0.25, 0.3) is 0 Å². The molecule has 1 aliphatic rings. The number of nitrogens with two attached hydrogens (primary N) is 1. The molecule has 2 rings (SSSR count). The number of thiocarbonyl (C=S) groups is 1. The number of carbonyl (C=O) groups is 1. The van der Waals surface area contributed by atoms with Crippen LogP contribution in [0.15, 0.2) is 30.3 Å². The Kier molecular flexibility index (Phi) is 4.20. The maximum absolute atomic E-state index is 12.6. The van der Waals surface area contributed by atoms with Crippen LogP contribution in [0.5, 0.6) is 0 Å². The second-order valence-corrected chi connectivity index (χ2v) is 5.92. The van der Waals surface area contributed by atoms with E-state index in [1.165, 1.54) is 0 Å². The highest BCUT2D eigenvalue weighted by Crippen LogP contribution is 2.27. The molecule has 1 aromatic carbocycles. The van der Waals surface area contributed by atoms with Crippen molar-refractivity contribution in [2.24, 2.45) is 17.6 Å². The number of hydrogen-bond acceptors (Lipinski definition) is 2. The van der Waals surface area contributed by atoms with Crippen LogP contribution in [0.2, 0.25) is 0 Å². The molecule has 1 saturated heterocycles. The van der Waals surface area contributed by atoms with E-state index < -0.39 is 5.92 Å². The highest BCUT2D eigenvalue weighted by molar-refractivity contribution is 7.80. The van der Waals surface area contributed by atoms with Gasteiger partial charge < -0.3 is 10.6 Å². The van der Waals surface area contributed by atoms with E-state index >= 15 is 0 Å². The average molecular weight is 276 g/mol. The largest absolute Gasteiger partial charge is 0.392 e. The number of rotatable bonds is 3. The van der Waals surface area contributed by atoms with E-state index in [2.05, 4.69) is 13.8 Å². The Morgan fingerprint density at radius 3 is 2.26 bits per heavy atom. The molecular weight excluding hydrogens is 256 g/mol. The topological polar surface area (TPSA) is 46.3 Å². The minimum Gasteiger partial charge on any atom is -0.392 e. The Morgan fingerprint density at radius 2 is 1.79 bits per heavy atom. The van der Waals surface area contributed by atoms with Gasteiger partial charge in [0.05, 0.1) is 4.99 Å². The average Bonchev–Trinajstić information content (AvgIpc) is 2.71. The molecule has 1 amide bonds. The Balaban J connectivity index is 2.21. The summed E-state index contributed by atoms with van der Waals surface area (Å²) in [4.78, 5) is 14.8. The summed E-state index contributed by atoms with van der Waals surface area (Å²) in [6, 6.07) is 9.55. The van der Waals surface area contributed by atoms with Crippen LogP contribution in [0.25, 0.3) is 0 Å². The predicted molar refractivity (Wildman–Crippen MR) is 80.9 cm³/mol. The van der Waals surface area contributed by atoms with Crippen LogP contribution in [-0.2, 0) is 4.79 Å². The molecule has 0 aliphatic carbocycles. The highest BCUT2D eigenvalue weighted by atomic mass is 32.1. The van der Waals surface area contributed by atoms with Crippen molar-refractivity contribution in [2.45, 2.75) is 19.8 Å². The fraction of sp³-hybridized carbons (Fsp3) is 0.467. The van der Waals surface area contributed by atoms with Gasteiger partial charge >= 0.3 is 0 Å². The third kappa shape index (κ3) is 2.95.